The first-order valence-electron chi connectivity index (χ1n) is 6.71. The SMILES string of the molecule is Cc1cc(C)c(C(CC(C)C(=O)O)N(C)C)c(C)c1. The highest BCUT2D eigenvalue weighted by Gasteiger charge is 2.24. The number of aliphatic carboxylic acids is 1. The van der Waals surface area contributed by atoms with Gasteiger partial charge in [0.25, 0.3) is 0 Å². The molecule has 0 saturated heterocycles. The van der Waals surface area contributed by atoms with Gasteiger partial charge in [-0.1, -0.05) is 24.6 Å². The Hall–Kier alpha value is -1.35. The van der Waals surface area contributed by atoms with E-state index in [1.165, 1.54) is 22.3 Å². The minimum absolute atomic E-state index is 0.145. The van der Waals surface area contributed by atoms with Crippen LogP contribution < -0.4 is 0 Å². The van der Waals surface area contributed by atoms with Crippen molar-refractivity contribution < 1.29 is 9.90 Å². The lowest BCUT2D eigenvalue weighted by Crippen LogP contribution is -2.26. The van der Waals surface area contributed by atoms with E-state index in [9.17, 15) is 4.79 Å². The van der Waals surface area contributed by atoms with Gasteiger partial charge in [0.1, 0.15) is 0 Å². The van der Waals surface area contributed by atoms with Crippen molar-refractivity contribution in [3.05, 3.63) is 34.4 Å². The number of aryl methyl sites for hydroxylation is 3. The first-order chi connectivity index (χ1) is 8.73. The lowest BCUT2D eigenvalue weighted by Gasteiger charge is -2.29. The zero-order chi connectivity index (χ0) is 14.7. The third kappa shape index (κ3) is 3.80. The van der Waals surface area contributed by atoms with Gasteiger partial charge in [-0.3, -0.25) is 4.79 Å². The molecule has 3 nitrogen and oxygen atoms in total. The maximum atomic E-state index is 11.1. The Morgan fingerprint density at radius 3 is 2.05 bits per heavy atom. The molecule has 2 atom stereocenters. The van der Waals surface area contributed by atoms with Crippen LogP contribution >= 0.6 is 0 Å². The Kier molecular flexibility index (Phi) is 5.12. The van der Waals surface area contributed by atoms with Gasteiger partial charge in [0, 0.05) is 6.04 Å². The Balaban J connectivity index is 3.17. The Labute approximate surface area is 116 Å². The number of benzene rings is 1. The summed E-state index contributed by atoms with van der Waals surface area (Å²) in [5, 5.41) is 9.12. The number of hydrogen-bond acceptors (Lipinski definition) is 2. The maximum Gasteiger partial charge on any atom is 0.306 e. The van der Waals surface area contributed by atoms with Crippen LogP contribution in [-0.2, 0) is 4.79 Å². The summed E-state index contributed by atoms with van der Waals surface area (Å²) in [5.41, 5.74) is 5.01. The third-order valence-corrected chi connectivity index (χ3v) is 3.69. The van der Waals surface area contributed by atoms with Crippen molar-refractivity contribution in [1.82, 2.24) is 4.90 Å². The van der Waals surface area contributed by atoms with Gasteiger partial charge >= 0.3 is 5.97 Å². The van der Waals surface area contributed by atoms with Crippen LogP contribution in [0.25, 0.3) is 0 Å². The van der Waals surface area contributed by atoms with Crippen molar-refractivity contribution in [2.24, 2.45) is 5.92 Å². The zero-order valence-electron chi connectivity index (χ0n) is 12.8. The summed E-state index contributed by atoms with van der Waals surface area (Å²) in [6.07, 6.45) is 0.632. The van der Waals surface area contributed by atoms with Crippen LogP contribution in [0.1, 0.15) is 41.6 Å². The van der Waals surface area contributed by atoms with Crippen LogP contribution in [0.3, 0.4) is 0 Å². The number of carbonyl (C=O) groups is 1. The molecule has 106 valence electrons. The van der Waals surface area contributed by atoms with Gasteiger partial charge in [-0.05, 0) is 58.0 Å². The molecule has 0 fully saturated rings. The smallest absolute Gasteiger partial charge is 0.306 e. The van der Waals surface area contributed by atoms with Gasteiger partial charge in [-0.2, -0.15) is 0 Å². The average Bonchev–Trinajstić information content (AvgIpc) is 2.25. The molecule has 0 spiro atoms. The van der Waals surface area contributed by atoms with Gasteiger partial charge in [0.05, 0.1) is 5.92 Å². The molecule has 0 bridgehead atoms. The molecule has 1 aromatic carbocycles. The van der Waals surface area contributed by atoms with Gasteiger partial charge < -0.3 is 10.0 Å². The van der Waals surface area contributed by atoms with Gasteiger partial charge in [0.2, 0.25) is 0 Å². The lowest BCUT2D eigenvalue weighted by molar-refractivity contribution is -0.141. The number of carboxylic acids is 1. The van der Waals surface area contributed by atoms with Gasteiger partial charge in [-0.15, -0.1) is 0 Å². The number of nitrogens with zero attached hydrogens (tertiary/aromatic N) is 1. The quantitative estimate of drug-likeness (QED) is 0.886. The molecule has 0 amide bonds. The predicted octanol–water partition coefficient (Wildman–Crippen LogP) is 3.33. The summed E-state index contributed by atoms with van der Waals surface area (Å²) >= 11 is 0. The summed E-state index contributed by atoms with van der Waals surface area (Å²) in [4.78, 5) is 13.2. The monoisotopic (exact) mass is 263 g/mol. The first-order valence-corrected chi connectivity index (χ1v) is 6.71. The molecule has 2 unspecified atom stereocenters. The minimum Gasteiger partial charge on any atom is -0.481 e. The van der Waals surface area contributed by atoms with Gasteiger partial charge in [-0.25, -0.2) is 0 Å². The molecule has 0 radical (unpaired) electrons. The van der Waals surface area contributed by atoms with Crippen LogP contribution in [0, 0.1) is 26.7 Å². The van der Waals surface area contributed by atoms with Crippen molar-refractivity contribution in [3.8, 4) is 0 Å². The normalized spacial score (nSPS) is 14.5. The maximum absolute atomic E-state index is 11.1. The summed E-state index contributed by atoms with van der Waals surface area (Å²) in [6.45, 7) is 8.08. The summed E-state index contributed by atoms with van der Waals surface area (Å²) in [6, 6.07) is 4.49. The van der Waals surface area contributed by atoms with E-state index in [-0.39, 0.29) is 12.0 Å². The molecule has 3 heteroatoms. The fraction of sp³-hybridized carbons (Fsp3) is 0.562. The molecule has 0 heterocycles. The summed E-state index contributed by atoms with van der Waals surface area (Å²) < 4.78 is 0. The molecule has 1 rings (SSSR count). The largest absolute Gasteiger partial charge is 0.481 e. The molecular formula is C16H25NO2. The number of hydrogen-bond donors (Lipinski definition) is 1. The topological polar surface area (TPSA) is 40.5 Å². The number of rotatable bonds is 5. The molecular weight excluding hydrogens is 238 g/mol. The van der Waals surface area contributed by atoms with E-state index < -0.39 is 5.97 Å². The fourth-order valence-electron chi connectivity index (χ4n) is 2.74. The molecule has 19 heavy (non-hydrogen) atoms. The van der Waals surface area contributed by atoms with Crippen molar-refractivity contribution in [2.75, 3.05) is 14.1 Å². The van der Waals surface area contributed by atoms with Crippen LogP contribution in [0.5, 0.6) is 0 Å². The highest BCUT2D eigenvalue weighted by atomic mass is 16.4. The lowest BCUT2D eigenvalue weighted by atomic mass is 9.88. The predicted molar refractivity (Wildman–Crippen MR) is 78.5 cm³/mol. The van der Waals surface area contributed by atoms with Crippen molar-refractivity contribution in [3.63, 3.8) is 0 Å². The number of carboxylic acid groups (broad SMARTS) is 1. The summed E-state index contributed by atoms with van der Waals surface area (Å²) in [7, 11) is 4.02. The highest BCUT2D eigenvalue weighted by Crippen LogP contribution is 2.31. The fourth-order valence-corrected chi connectivity index (χ4v) is 2.74. The minimum atomic E-state index is -0.728. The Morgan fingerprint density at radius 2 is 1.68 bits per heavy atom. The van der Waals surface area contributed by atoms with Crippen LogP contribution in [-0.4, -0.2) is 30.1 Å². The molecule has 1 N–H and O–H groups in total. The highest BCUT2D eigenvalue weighted by molar-refractivity contribution is 5.69. The van der Waals surface area contributed by atoms with Crippen molar-refractivity contribution in [2.45, 2.75) is 40.2 Å². The first kappa shape index (κ1) is 15.7. The van der Waals surface area contributed by atoms with Crippen LogP contribution in [0.2, 0.25) is 0 Å². The zero-order valence-corrected chi connectivity index (χ0v) is 12.8. The molecule has 0 aliphatic heterocycles. The van der Waals surface area contributed by atoms with E-state index in [1.807, 2.05) is 14.1 Å². The molecule has 0 aliphatic carbocycles. The van der Waals surface area contributed by atoms with E-state index in [0.29, 0.717) is 6.42 Å². The van der Waals surface area contributed by atoms with E-state index in [1.54, 1.807) is 6.92 Å². The third-order valence-electron chi connectivity index (χ3n) is 3.69. The Morgan fingerprint density at radius 1 is 1.21 bits per heavy atom. The molecule has 0 aromatic heterocycles. The van der Waals surface area contributed by atoms with E-state index >= 15 is 0 Å². The standard InChI is InChI=1S/C16H25NO2/c1-10-7-11(2)15(12(3)8-10)14(17(5)6)9-13(4)16(18)19/h7-8,13-14H,9H2,1-6H3,(H,18,19). The van der Waals surface area contributed by atoms with Gasteiger partial charge in [0.15, 0.2) is 0 Å². The van der Waals surface area contributed by atoms with Crippen LogP contribution in [0.15, 0.2) is 12.1 Å². The second kappa shape index (κ2) is 6.20. The second-order valence-electron chi connectivity index (χ2n) is 5.77. The molecule has 1 aromatic rings. The van der Waals surface area contributed by atoms with Crippen molar-refractivity contribution in [1.29, 1.82) is 0 Å². The van der Waals surface area contributed by atoms with E-state index in [0.717, 1.165) is 0 Å². The second-order valence-corrected chi connectivity index (χ2v) is 5.77. The van der Waals surface area contributed by atoms with Crippen LogP contribution in [0.4, 0.5) is 0 Å². The molecule has 0 saturated carbocycles. The Bertz CT molecular complexity index is 443. The average molecular weight is 263 g/mol. The summed E-state index contributed by atoms with van der Waals surface area (Å²) in [5.74, 6) is -1.07. The van der Waals surface area contributed by atoms with E-state index in [4.69, 9.17) is 5.11 Å². The molecule has 0 aliphatic rings. The van der Waals surface area contributed by atoms with E-state index in [2.05, 4.69) is 37.8 Å². The van der Waals surface area contributed by atoms with Crippen molar-refractivity contribution >= 4 is 5.97 Å².